The number of aliphatic hydroxyl groups excluding tert-OH is 2. The van der Waals surface area contributed by atoms with Gasteiger partial charge in [0.2, 0.25) is 0 Å². The smallest absolute Gasteiger partial charge is 0.0716 e. The predicted octanol–water partition coefficient (Wildman–Crippen LogP) is 2.14. The van der Waals surface area contributed by atoms with E-state index in [9.17, 15) is 10.2 Å². The summed E-state index contributed by atoms with van der Waals surface area (Å²) in [6.45, 7) is 1.30. The summed E-state index contributed by atoms with van der Waals surface area (Å²) in [5, 5.41) is 19.2. The molecule has 1 aromatic carbocycles. The van der Waals surface area contributed by atoms with E-state index in [1.54, 1.807) is 0 Å². The van der Waals surface area contributed by atoms with E-state index < -0.39 is 6.10 Å². The van der Waals surface area contributed by atoms with Crippen molar-refractivity contribution >= 4 is 0 Å². The van der Waals surface area contributed by atoms with Crippen LogP contribution in [-0.2, 0) is 11.3 Å². The monoisotopic (exact) mass is 262 g/mol. The second-order valence-electron chi connectivity index (χ2n) is 5.07. The molecule has 0 amide bonds. The molecule has 104 valence electrons. The van der Waals surface area contributed by atoms with Crippen LogP contribution in [0.1, 0.15) is 18.4 Å². The number of hydrogen-bond acceptors (Lipinski definition) is 3. The molecule has 0 fully saturated rings. The van der Waals surface area contributed by atoms with Crippen molar-refractivity contribution in [3.63, 3.8) is 0 Å². The zero-order chi connectivity index (χ0) is 13.5. The Hall–Kier alpha value is -1.16. The molecule has 3 unspecified atom stereocenters. The molecule has 0 heterocycles. The average molecular weight is 262 g/mol. The maximum Gasteiger partial charge on any atom is 0.0716 e. The number of allylic oxidation sites excluding steroid dienone is 1. The van der Waals surface area contributed by atoms with Gasteiger partial charge in [-0.1, -0.05) is 42.5 Å². The van der Waals surface area contributed by atoms with Crippen molar-refractivity contribution in [1.29, 1.82) is 0 Å². The van der Waals surface area contributed by atoms with Crippen molar-refractivity contribution < 1.29 is 14.9 Å². The lowest BCUT2D eigenvalue weighted by molar-refractivity contribution is 0.0256. The van der Waals surface area contributed by atoms with Crippen LogP contribution in [0.3, 0.4) is 0 Å². The molecule has 0 aromatic heterocycles. The highest BCUT2D eigenvalue weighted by Crippen LogP contribution is 2.27. The van der Waals surface area contributed by atoms with Crippen LogP contribution < -0.4 is 0 Å². The molecule has 3 atom stereocenters. The van der Waals surface area contributed by atoms with Crippen molar-refractivity contribution in [2.75, 3.05) is 13.2 Å². The first-order valence-corrected chi connectivity index (χ1v) is 6.88. The minimum Gasteiger partial charge on any atom is -0.396 e. The zero-order valence-electron chi connectivity index (χ0n) is 11.1. The number of aliphatic hydroxyl groups is 2. The molecule has 19 heavy (non-hydrogen) atoms. The fourth-order valence-electron chi connectivity index (χ4n) is 2.55. The van der Waals surface area contributed by atoms with Gasteiger partial charge in [0.25, 0.3) is 0 Å². The minimum absolute atomic E-state index is 0.0366. The van der Waals surface area contributed by atoms with Gasteiger partial charge in [0, 0.05) is 19.1 Å². The summed E-state index contributed by atoms with van der Waals surface area (Å²) in [4.78, 5) is 0. The highest BCUT2D eigenvalue weighted by atomic mass is 16.5. The Morgan fingerprint density at radius 1 is 1.21 bits per heavy atom. The normalized spacial score (nSPS) is 26.5. The van der Waals surface area contributed by atoms with Gasteiger partial charge in [-0.25, -0.2) is 0 Å². The number of rotatable bonds is 6. The number of benzene rings is 1. The third kappa shape index (κ3) is 4.16. The van der Waals surface area contributed by atoms with E-state index in [2.05, 4.69) is 6.08 Å². The SMILES string of the molecule is OCC1C(O)CC=CC1CCOCc1ccccc1. The molecule has 2 rings (SSSR count). The summed E-state index contributed by atoms with van der Waals surface area (Å²) >= 11 is 0. The molecular weight excluding hydrogens is 240 g/mol. The number of hydrogen-bond donors (Lipinski definition) is 2. The van der Waals surface area contributed by atoms with E-state index in [4.69, 9.17) is 4.74 Å². The van der Waals surface area contributed by atoms with Crippen LogP contribution in [0.2, 0.25) is 0 Å². The van der Waals surface area contributed by atoms with Gasteiger partial charge < -0.3 is 14.9 Å². The lowest BCUT2D eigenvalue weighted by Crippen LogP contribution is -2.33. The van der Waals surface area contributed by atoms with Gasteiger partial charge >= 0.3 is 0 Å². The van der Waals surface area contributed by atoms with Crippen molar-refractivity contribution in [2.24, 2.45) is 11.8 Å². The van der Waals surface area contributed by atoms with Gasteiger partial charge in [-0.15, -0.1) is 0 Å². The first kappa shape index (κ1) is 14.3. The van der Waals surface area contributed by atoms with E-state index in [1.165, 1.54) is 5.56 Å². The lowest BCUT2D eigenvalue weighted by atomic mass is 9.80. The van der Waals surface area contributed by atoms with Crippen LogP contribution >= 0.6 is 0 Å². The van der Waals surface area contributed by atoms with Gasteiger partial charge in [-0.3, -0.25) is 0 Å². The summed E-state index contributed by atoms with van der Waals surface area (Å²) in [7, 11) is 0. The molecular formula is C16H22O3. The van der Waals surface area contributed by atoms with Crippen LogP contribution in [-0.4, -0.2) is 29.5 Å². The van der Waals surface area contributed by atoms with Crippen molar-refractivity contribution in [3.8, 4) is 0 Å². The number of ether oxygens (including phenoxy) is 1. The Labute approximate surface area is 114 Å². The van der Waals surface area contributed by atoms with Crippen molar-refractivity contribution in [3.05, 3.63) is 48.0 Å². The molecule has 1 aromatic rings. The fourth-order valence-corrected chi connectivity index (χ4v) is 2.55. The van der Waals surface area contributed by atoms with E-state index in [0.29, 0.717) is 19.6 Å². The van der Waals surface area contributed by atoms with Crippen LogP contribution in [0.5, 0.6) is 0 Å². The zero-order valence-corrected chi connectivity index (χ0v) is 11.1. The summed E-state index contributed by atoms with van der Waals surface area (Å²) in [5.41, 5.74) is 1.17. The minimum atomic E-state index is -0.422. The van der Waals surface area contributed by atoms with Gasteiger partial charge in [-0.05, 0) is 24.3 Å². The van der Waals surface area contributed by atoms with Crippen LogP contribution in [0, 0.1) is 11.8 Å². The van der Waals surface area contributed by atoms with Gasteiger partial charge in [0.1, 0.15) is 0 Å². The maximum atomic E-state index is 9.82. The van der Waals surface area contributed by atoms with E-state index in [-0.39, 0.29) is 18.4 Å². The van der Waals surface area contributed by atoms with E-state index in [0.717, 1.165) is 6.42 Å². The quantitative estimate of drug-likeness (QED) is 0.610. The molecule has 1 aliphatic rings. The predicted molar refractivity (Wildman–Crippen MR) is 74.5 cm³/mol. The summed E-state index contributed by atoms with van der Waals surface area (Å²) in [6, 6.07) is 10.1. The maximum absolute atomic E-state index is 9.82. The summed E-state index contributed by atoms with van der Waals surface area (Å²) in [5.74, 6) is 0.162. The fraction of sp³-hybridized carbons (Fsp3) is 0.500. The van der Waals surface area contributed by atoms with Crippen LogP contribution in [0.25, 0.3) is 0 Å². The Balaban J connectivity index is 1.73. The molecule has 0 aliphatic heterocycles. The molecule has 0 saturated heterocycles. The molecule has 0 bridgehead atoms. The van der Waals surface area contributed by atoms with Gasteiger partial charge in [-0.2, -0.15) is 0 Å². The third-order valence-corrected chi connectivity index (χ3v) is 3.72. The van der Waals surface area contributed by atoms with Crippen molar-refractivity contribution in [2.45, 2.75) is 25.6 Å². The summed E-state index contributed by atoms with van der Waals surface area (Å²) < 4.78 is 5.65. The molecule has 2 N–H and O–H groups in total. The van der Waals surface area contributed by atoms with Gasteiger partial charge in [0.05, 0.1) is 12.7 Å². The highest BCUT2D eigenvalue weighted by Gasteiger charge is 2.27. The second-order valence-corrected chi connectivity index (χ2v) is 5.07. The lowest BCUT2D eigenvalue weighted by Gasteiger charge is -2.30. The van der Waals surface area contributed by atoms with E-state index in [1.807, 2.05) is 36.4 Å². The highest BCUT2D eigenvalue weighted by molar-refractivity contribution is 5.13. The second kappa shape index (κ2) is 7.43. The first-order chi connectivity index (χ1) is 9.31. The van der Waals surface area contributed by atoms with Crippen LogP contribution in [0.15, 0.2) is 42.5 Å². The Kier molecular flexibility index (Phi) is 5.58. The molecule has 3 nitrogen and oxygen atoms in total. The largest absolute Gasteiger partial charge is 0.396 e. The van der Waals surface area contributed by atoms with E-state index >= 15 is 0 Å². The standard InChI is InChI=1S/C16H22O3/c17-11-15-14(7-4-8-16(15)18)9-10-19-12-13-5-2-1-3-6-13/h1-7,14-18H,8-12H2. The average Bonchev–Trinajstić information content (AvgIpc) is 2.45. The molecule has 0 radical (unpaired) electrons. The first-order valence-electron chi connectivity index (χ1n) is 6.88. The Morgan fingerprint density at radius 3 is 2.74 bits per heavy atom. The molecule has 0 spiro atoms. The van der Waals surface area contributed by atoms with Crippen molar-refractivity contribution in [1.82, 2.24) is 0 Å². The Bertz CT molecular complexity index is 388. The van der Waals surface area contributed by atoms with Gasteiger partial charge in [0.15, 0.2) is 0 Å². The molecule has 1 aliphatic carbocycles. The molecule has 3 heteroatoms. The third-order valence-electron chi connectivity index (χ3n) is 3.72. The Morgan fingerprint density at radius 2 is 2.00 bits per heavy atom. The topological polar surface area (TPSA) is 49.7 Å². The summed E-state index contributed by atoms with van der Waals surface area (Å²) in [6.07, 6.45) is 5.16. The van der Waals surface area contributed by atoms with Crippen LogP contribution in [0.4, 0.5) is 0 Å². The molecule has 0 saturated carbocycles.